The fourth-order valence-corrected chi connectivity index (χ4v) is 3.84. The third-order valence-electron chi connectivity index (χ3n) is 5.53. The van der Waals surface area contributed by atoms with E-state index in [4.69, 9.17) is 0 Å². The van der Waals surface area contributed by atoms with Crippen LogP contribution in [-0.4, -0.2) is 25.7 Å². The van der Waals surface area contributed by atoms with E-state index >= 15 is 0 Å². The highest BCUT2D eigenvalue weighted by Gasteiger charge is 2.63. The SMILES string of the molecule is O=[N+]([O-])C1([N+](=O)[O-])CC(c2ccc(O)c(-c3ccccc3)c2)=CC(c2ccccc2)=C1O. The molecule has 0 amide bonds. The average Bonchev–Trinajstić information content (AvgIpc) is 2.80. The minimum Gasteiger partial charge on any atom is -0.507 e. The number of phenolic OH excluding ortho intramolecular Hbond substituents is 1. The minimum atomic E-state index is -2.92. The Kier molecular flexibility index (Phi) is 5.19. The highest BCUT2D eigenvalue weighted by atomic mass is 16.7. The maximum atomic E-state index is 11.9. The summed E-state index contributed by atoms with van der Waals surface area (Å²) in [5.41, 5.74) is -0.522. The number of nitrogens with zero attached hydrogens (tertiary/aromatic N) is 2. The molecule has 1 aliphatic rings. The Hall–Kier alpha value is -4.46. The summed E-state index contributed by atoms with van der Waals surface area (Å²) in [6.45, 7) is 0. The molecule has 1 aliphatic carbocycles. The fraction of sp³-hybridized carbons (Fsp3) is 0.0833. The molecular weight excluding hydrogens is 412 g/mol. The average molecular weight is 430 g/mol. The van der Waals surface area contributed by atoms with Crippen LogP contribution < -0.4 is 0 Å². The van der Waals surface area contributed by atoms with E-state index in [9.17, 15) is 30.4 Å². The van der Waals surface area contributed by atoms with Gasteiger partial charge in [-0.2, -0.15) is 0 Å². The van der Waals surface area contributed by atoms with Crippen LogP contribution in [0.1, 0.15) is 17.5 Å². The van der Waals surface area contributed by atoms with Crippen molar-refractivity contribution in [3.8, 4) is 16.9 Å². The van der Waals surface area contributed by atoms with Crippen LogP contribution in [0.2, 0.25) is 0 Å². The lowest BCUT2D eigenvalue weighted by Crippen LogP contribution is -2.49. The van der Waals surface area contributed by atoms with Crippen molar-refractivity contribution in [1.82, 2.24) is 0 Å². The summed E-state index contributed by atoms with van der Waals surface area (Å²) < 4.78 is 0. The first kappa shape index (κ1) is 20.8. The highest BCUT2D eigenvalue weighted by molar-refractivity contribution is 5.89. The summed E-state index contributed by atoms with van der Waals surface area (Å²) >= 11 is 0. The van der Waals surface area contributed by atoms with E-state index < -0.39 is 27.7 Å². The van der Waals surface area contributed by atoms with Crippen molar-refractivity contribution < 1.29 is 20.1 Å². The Morgan fingerprint density at radius 1 is 0.750 bits per heavy atom. The van der Waals surface area contributed by atoms with Gasteiger partial charge in [0.1, 0.15) is 22.0 Å². The molecule has 8 heteroatoms. The van der Waals surface area contributed by atoms with Gasteiger partial charge in [-0.05, 0) is 40.5 Å². The van der Waals surface area contributed by atoms with Crippen LogP contribution in [0.4, 0.5) is 0 Å². The van der Waals surface area contributed by atoms with Gasteiger partial charge in [0.05, 0.1) is 0 Å². The maximum absolute atomic E-state index is 11.9. The second-order valence-electron chi connectivity index (χ2n) is 7.40. The second-order valence-corrected chi connectivity index (χ2v) is 7.40. The zero-order valence-electron chi connectivity index (χ0n) is 16.7. The Bertz CT molecular complexity index is 1250. The van der Waals surface area contributed by atoms with E-state index in [2.05, 4.69) is 0 Å². The molecule has 0 atom stereocenters. The molecule has 3 aromatic carbocycles. The van der Waals surface area contributed by atoms with Crippen molar-refractivity contribution >= 4 is 11.1 Å². The molecule has 0 unspecified atom stereocenters. The Labute approximate surface area is 182 Å². The van der Waals surface area contributed by atoms with Crippen molar-refractivity contribution in [2.45, 2.75) is 12.1 Å². The molecule has 0 saturated heterocycles. The molecule has 2 N–H and O–H groups in total. The Morgan fingerprint density at radius 3 is 1.88 bits per heavy atom. The Balaban J connectivity index is 1.93. The summed E-state index contributed by atoms with van der Waals surface area (Å²) in [7, 11) is 0. The summed E-state index contributed by atoms with van der Waals surface area (Å²) in [6.07, 6.45) is 0.880. The number of hydrogen-bond acceptors (Lipinski definition) is 6. The molecule has 0 aromatic heterocycles. The van der Waals surface area contributed by atoms with Crippen LogP contribution in [0.5, 0.6) is 5.75 Å². The van der Waals surface area contributed by atoms with E-state index in [0.717, 1.165) is 5.56 Å². The van der Waals surface area contributed by atoms with Gasteiger partial charge in [-0.1, -0.05) is 66.7 Å². The number of aromatic hydroxyl groups is 1. The van der Waals surface area contributed by atoms with Crippen molar-refractivity contribution in [3.05, 3.63) is 122 Å². The smallest absolute Gasteiger partial charge is 0.507 e. The lowest BCUT2D eigenvalue weighted by molar-refractivity contribution is -0.786. The van der Waals surface area contributed by atoms with Crippen LogP contribution in [0.15, 0.2) is 90.7 Å². The predicted molar refractivity (Wildman–Crippen MR) is 119 cm³/mol. The van der Waals surface area contributed by atoms with Crippen LogP contribution in [0, 0.1) is 20.2 Å². The van der Waals surface area contributed by atoms with Gasteiger partial charge >= 0.3 is 5.66 Å². The number of hydrogen-bond donors (Lipinski definition) is 2. The predicted octanol–water partition coefficient (Wildman–Crippen LogP) is 5.07. The van der Waals surface area contributed by atoms with E-state index in [1.165, 1.54) is 12.1 Å². The van der Waals surface area contributed by atoms with Crippen LogP contribution in [0.25, 0.3) is 22.3 Å². The molecule has 32 heavy (non-hydrogen) atoms. The summed E-state index contributed by atoms with van der Waals surface area (Å²) in [6, 6.07) is 22.0. The van der Waals surface area contributed by atoms with E-state index in [-0.39, 0.29) is 11.3 Å². The first-order chi connectivity index (χ1) is 15.3. The summed E-state index contributed by atoms with van der Waals surface area (Å²) in [5.74, 6) is -0.905. The van der Waals surface area contributed by atoms with Crippen LogP contribution in [-0.2, 0) is 0 Å². The quantitative estimate of drug-likeness (QED) is 0.331. The number of benzene rings is 3. The van der Waals surface area contributed by atoms with Crippen LogP contribution >= 0.6 is 0 Å². The zero-order chi connectivity index (χ0) is 22.9. The second kappa shape index (κ2) is 7.99. The molecule has 0 radical (unpaired) electrons. The van der Waals surface area contributed by atoms with Gasteiger partial charge in [-0.25, -0.2) is 0 Å². The molecule has 0 fully saturated rings. The molecule has 4 rings (SSSR count). The monoisotopic (exact) mass is 430 g/mol. The lowest BCUT2D eigenvalue weighted by atomic mass is 9.82. The van der Waals surface area contributed by atoms with Gasteiger partial charge in [0.2, 0.25) is 0 Å². The van der Waals surface area contributed by atoms with Gasteiger partial charge in [0.15, 0.2) is 0 Å². The lowest BCUT2D eigenvalue weighted by Gasteiger charge is -2.24. The standard InChI is InChI=1S/C24H18N2O6/c27-22-12-11-18(13-20(22)16-7-3-1-4-8-16)19-14-21(17-9-5-2-6-10-17)23(28)24(15-19,25(29)30)26(31)32/h1-14,27-28H,15H2. The molecule has 0 aliphatic heterocycles. The van der Waals surface area contributed by atoms with E-state index in [1.54, 1.807) is 66.7 Å². The summed E-state index contributed by atoms with van der Waals surface area (Å²) in [5, 5.41) is 44.9. The zero-order valence-corrected chi connectivity index (χ0v) is 16.7. The van der Waals surface area contributed by atoms with Crippen molar-refractivity contribution in [2.24, 2.45) is 0 Å². The van der Waals surface area contributed by atoms with Gasteiger partial charge in [-0.15, -0.1) is 0 Å². The van der Waals surface area contributed by atoms with Crippen molar-refractivity contribution in [2.75, 3.05) is 0 Å². The fourth-order valence-electron chi connectivity index (χ4n) is 3.84. The van der Waals surface area contributed by atoms with Crippen molar-refractivity contribution in [3.63, 3.8) is 0 Å². The topological polar surface area (TPSA) is 127 Å². The largest absolute Gasteiger partial charge is 0.518 e. The number of aliphatic hydroxyl groups is 1. The molecule has 0 spiro atoms. The van der Waals surface area contributed by atoms with Crippen molar-refractivity contribution in [1.29, 1.82) is 0 Å². The number of phenols is 1. The third-order valence-corrected chi connectivity index (χ3v) is 5.53. The normalized spacial score (nSPS) is 15.2. The van der Waals surface area contributed by atoms with E-state index in [0.29, 0.717) is 22.3 Å². The molecular formula is C24H18N2O6. The molecule has 160 valence electrons. The number of rotatable bonds is 5. The first-order valence-electron chi connectivity index (χ1n) is 9.72. The molecule has 0 saturated carbocycles. The molecule has 0 heterocycles. The number of nitro groups is 2. The minimum absolute atomic E-state index is 0.00727. The first-order valence-corrected chi connectivity index (χ1v) is 9.72. The third kappa shape index (κ3) is 3.37. The van der Waals surface area contributed by atoms with E-state index in [1.807, 2.05) is 6.07 Å². The van der Waals surface area contributed by atoms with Gasteiger partial charge in [0.25, 0.3) is 5.76 Å². The Morgan fingerprint density at radius 2 is 1.31 bits per heavy atom. The van der Waals surface area contributed by atoms with Crippen LogP contribution in [0.3, 0.4) is 0 Å². The molecule has 3 aromatic rings. The van der Waals surface area contributed by atoms with Gasteiger partial charge in [0, 0.05) is 11.1 Å². The maximum Gasteiger partial charge on any atom is 0.518 e. The van der Waals surface area contributed by atoms with Gasteiger partial charge in [-0.3, -0.25) is 20.2 Å². The number of allylic oxidation sites excluding steroid dienone is 2. The summed E-state index contributed by atoms with van der Waals surface area (Å²) in [4.78, 5) is 21.7. The molecule has 0 bridgehead atoms. The van der Waals surface area contributed by atoms with Gasteiger partial charge < -0.3 is 10.2 Å². The number of aliphatic hydroxyl groups excluding tert-OH is 1. The molecule has 8 nitrogen and oxygen atoms in total. The highest BCUT2D eigenvalue weighted by Crippen LogP contribution is 2.43.